The molecule has 0 N–H and O–H groups in total. The summed E-state index contributed by atoms with van der Waals surface area (Å²) in [5.41, 5.74) is 1.21. The highest BCUT2D eigenvalue weighted by molar-refractivity contribution is 5.78. The van der Waals surface area contributed by atoms with Gasteiger partial charge in [0.2, 0.25) is 5.91 Å². The summed E-state index contributed by atoms with van der Waals surface area (Å²) in [6.45, 7) is 7.25. The molecule has 5 nitrogen and oxygen atoms in total. The van der Waals surface area contributed by atoms with Crippen LogP contribution >= 0.6 is 0 Å². The number of nitrogens with zero attached hydrogens (tertiary/aromatic N) is 3. The third-order valence-corrected chi connectivity index (χ3v) is 6.74. The second-order valence-corrected chi connectivity index (χ2v) is 8.50. The van der Waals surface area contributed by atoms with Crippen molar-refractivity contribution in [3.8, 4) is 0 Å². The van der Waals surface area contributed by atoms with Gasteiger partial charge in [0.25, 0.3) is 0 Å². The van der Waals surface area contributed by atoms with Crippen LogP contribution in [0.5, 0.6) is 0 Å². The third-order valence-electron chi connectivity index (χ3n) is 6.74. The fourth-order valence-corrected chi connectivity index (χ4v) is 5.14. The lowest BCUT2D eigenvalue weighted by atomic mass is 9.87. The number of hydrogen-bond donors (Lipinski definition) is 0. The van der Waals surface area contributed by atoms with E-state index in [2.05, 4.69) is 14.7 Å². The van der Waals surface area contributed by atoms with Crippen LogP contribution in [0.15, 0.2) is 24.3 Å². The minimum absolute atomic E-state index is 0.161. The Bertz CT molecular complexity index is 680. The first-order valence-electron chi connectivity index (χ1n) is 10.7. The Kier molecular flexibility index (Phi) is 6.28. The zero-order valence-corrected chi connectivity index (χ0v) is 16.7. The van der Waals surface area contributed by atoms with Crippen molar-refractivity contribution in [3.05, 3.63) is 35.6 Å². The number of morpholine rings is 1. The highest BCUT2D eigenvalue weighted by atomic mass is 19.1. The Labute approximate surface area is 167 Å². The molecule has 154 valence electrons. The maximum Gasteiger partial charge on any atom is 0.236 e. The van der Waals surface area contributed by atoms with Gasteiger partial charge in [-0.3, -0.25) is 14.6 Å². The molecular weight excluding hydrogens is 357 g/mol. The standard InChI is InChI=1S/C22H32FN3O2/c23-20-5-1-4-19(16-20)17-26-10-3-7-22(26)6-2-9-25(11-8-22)21(27)18-24-12-14-28-15-13-24/h1,4-5,16H,2-3,6-15,17-18H2/t22-/m1/s1. The Morgan fingerprint density at radius 3 is 2.61 bits per heavy atom. The van der Waals surface area contributed by atoms with Crippen LogP contribution in [0.3, 0.4) is 0 Å². The number of ether oxygens (including phenoxy) is 1. The summed E-state index contributed by atoms with van der Waals surface area (Å²) >= 11 is 0. The van der Waals surface area contributed by atoms with Crippen molar-refractivity contribution in [1.29, 1.82) is 0 Å². The minimum Gasteiger partial charge on any atom is -0.379 e. The normalized spacial score (nSPS) is 27.2. The van der Waals surface area contributed by atoms with Gasteiger partial charge in [-0.1, -0.05) is 12.1 Å². The average Bonchev–Trinajstić information content (AvgIpc) is 2.93. The zero-order valence-electron chi connectivity index (χ0n) is 16.7. The van der Waals surface area contributed by atoms with Gasteiger partial charge in [-0.05, 0) is 56.3 Å². The number of rotatable bonds is 4. The highest BCUT2D eigenvalue weighted by Crippen LogP contribution is 2.39. The molecule has 3 fully saturated rings. The Hall–Kier alpha value is -1.50. The van der Waals surface area contributed by atoms with Crippen LogP contribution in [0.2, 0.25) is 0 Å². The molecule has 0 aromatic heterocycles. The van der Waals surface area contributed by atoms with Gasteiger partial charge in [-0.15, -0.1) is 0 Å². The van der Waals surface area contributed by atoms with Crippen molar-refractivity contribution in [1.82, 2.24) is 14.7 Å². The summed E-state index contributed by atoms with van der Waals surface area (Å²) in [6, 6.07) is 6.98. The summed E-state index contributed by atoms with van der Waals surface area (Å²) in [7, 11) is 0. The Morgan fingerprint density at radius 1 is 1.04 bits per heavy atom. The van der Waals surface area contributed by atoms with E-state index in [9.17, 15) is 9.18 Å². The number of benzene rings is 1. The zero-order chi connectivity index (χ0) is 19.4. The van der Waals surface area contributed by atoms with Gasteiger partial charge in [0.15, 0.2) is 0 Å². The first-order chi connectivity index (χ1) is 13.6. The second kappa shape index (κ2) is 8.89. The van der Waals surface area contributed by atoms with Crippen molar-refractivity contribution in [2.45, 2.75) is 44.2 Å². The van der Waals surface area contributed by atoms with Crippen LogP contribution in [0, 0.1) is 5.82 Å². The van der Waals surface area contributed by atoms with E-state index in [0.717, 1.165) is 77.3 Å². The molecule has 0 aliphatic carbocycles. The summed E-state index contributed by atoms with van der Waals surface area (Å²) in [5, 5.41) is 0. The van der Waals surface area contributed by atoms with Crippen LogP contribution in [-0.2, 0) is 16.1 Å². The number of amides is 1. The van der Waals surface area contributed by atoms with E-state index in [1.807, 2.05) is 6.07 Å². The van der Waals surface area contributed by atoms with E-state index >= 15 is 0 Å². The van der Waals surface area contributed by atoms with Gasteiger partial charge in [0.1, 0.15) is 5.82 Å². The number of carbonyl (C=O) groups is 1. The number of halogens is 1. The van der Waals surface area contributed by atoms with Gasteiger partial charge in [-0.2, -0.15) is 0 Å². The maximum atomic E-state index is 13.6. The summed E-state index contributed by atoms with van der Waals surface area (Å²) in [5.74, 6) is 0.0973. The highest BCUT2D eigenvalue weighted by Gasteiger charge is 2.42. The van der Waals surface area contributed by atoms with Crippen molar-refractivity contribution >= 4 is 5.91 Å². The lowest BCUT2D eigenvalue weighted by Gasteiger charge is -2.38. The first-order valence-corrected chi connectivity index (χ1v) is 10.7. The monoisotopic (exact) mass is 389 g/mol. The molecule has 3 aliphatic heterocycles. The molecule has 1 amide bonds. The van der Waals surface area contributed by atoms with E-state index in [4.69, 9.17) is 4.74 Å². The number of hydrogen-bond acceptors (Lipinski definition) is 4. The summed E-state index contributed by atoms with van der Waals surface area (Å²) < 4.78 is 19.0. The van der Waals surface area contributed by atoms with E-state index in [0.29, 0.717) is 6.54 Å². The van der Waals surface area contributed by atoms with Crippen molar-refractivity contribution < 1.29 is 13.9 Å². The van der Waals surface area contributed by atoms with Crippen molar-refractivity contribution in [2.75, 3.05) is 52.5 Å². The van der Waals surface area contributed by atoms with Crippen LogP contribution in [0.4, 0.5) is 4.39 Å². The lowest BCUT2D eigenvalue weighted by Crippen LogP contribution is -2.46. The van der Waals surface area contributed by atoms with Gasteiger partial charge in [-0.25, -0.2) is 4.39 Å². The second-order valence-electron chi connectivity index (χ2n) is 8.50. The molecular formula is C22H32FN3O2. The summed E-state index contributed by atoms with van der Waals surface area (Å²) in [4.78, 5) is 19.7. The third kappa shape index (κ3) is 4.56. The van der Waals surface area contributed by atoms with Crippen LogP contribution in [-0.4, -0.2) is 78.6 Å². The number of carbonyl (C=O) groups excluding carboxylic acids is 1. The molecule has 0 radical (unpaired) electrons. The fraction of sp³-hybridized carbons (Fsp3) is 0.682. The van der Waals surface area contributed by atoms with E-state index < -0.39 is 0 Å². The SMILES string of the molecule is O=C(CN1CCOCC1)N1CCC[C@@]2(CCCN2Cc2cccc(F)c2)CC1. The van der Waals surface area contributed by atoms with Gasteiger partial charge in [0, 0.05) is 38.3 Å². The first kappa shape index (κ1) is 19.8. The molecule has 1 aromatic carbocycles. The Balaban J connectivity index is 1.37. The smallest absolute Gasteiger partial charge is 0.236 e. The molecule has 4 rings (SSSR count). The lowest BCUT2D eigenvalue weighted by molar-refractivity contribution is -0.133. The topological polar surface area (TPSA) is 36.0 Å². The van der Waals surface area contributed by atoms with Gasteiger partial charge < -0.3 is 9.64 Å². The van der Waals surface area contributed by atoms with Crippen molar-refractivity contribution in [2.24, 2.45) is 0 Å². The van der Waals surface area contributed by atoms with Crippen LogP contribution in [0.25, 0.3) is 0 Å². The quantitative estimate of drug-likeness (QED) is 0.793. The van der Waals surface area contributed by atoms with Crippen molar-refractivity contribution in [3.63, 3.8) is 0 Å². The molecule has 3 aliphatic rings. The predicted molar refractivity (Wildman–Crippen MR) is 106 cm³/mol. The average molecular weight is 390 g/mol. The summed E-state index contributed by atoms with van der Waals surface area (Å²) in [6.07, 6.45) is 5.58. The molecule has 0 bridgehead atoms. The molecule has 6 heteroatoms. The molecule has 1 atom stereocenters. The number of likely N-dealkylation sites (tertiary alicyclic amines) is 2. The molecule has 3 heterocycles. The van der Waals surface area contributed by atoms with E-state index in [-0.39, 0.29) is 17.3 Å². The fourth-order valence-electron chi connectivity index (χ4n) is 5.14. The molecule has 28 heavy (non-hydrogen) atoms. The molecule has 0 unspecified atom stereocenters. The van der Waals surface area contributed by atoms with Gasteiger partial charge in [0.05, 0.1) is 19.8 Å². The van der Waals surface area contributed by atoms with Gasteiger partial charge >= 0.3 is 0 Å². The van der Waals surface area contributed by atoms with E-state index in [1.165, 1.54) is 18.9 Å². The predicted octanol–water partition coefficient (Wildman–Crippen LogP) is 2.51. The largest absolute Gasteiger partial charge is 0.379 e. The maximum absolute atomic E-state index is 13.6. The Morgan fingerprint density at radius 2 is 1.82 bits per heavy atom. The molecule has 1 aromatic rings. The molecule has 3 saturated heterocycles. The van der Waals surface area contributed by atoms with Crippen LogP contribution < -0.4 is 0 Å². The van der Waals surface area contributed by atoms with E-state index in [1.54, 1.807) is 12.1 Å². The van der Waals surface area contributed by atoms with Crippen LogP contribution in [0.1, 0.15) is 37.7 Å². The minimum atomic E-state index is -0.161. The molecule has 1 spiro atoms. The molecule has 0 saturated carbocycles.